The second-order valence-corrected chi connectivity index (χ2v) is 7.17. The fraction of sp³-hybridized carbons (Fsp3) is 0.167. The van der Waals surface area contributed by atoms with Crippen molar-refractivity contribution >= 4 is 33.5 Å². The molecule has 0 spiro atoms. The van der Waals surface area contributed by atoms with Crippen LogP contribution in [0.25, 0.3) is 11.4 Å². The van der Waals surface area contributed by atoms with Crippen LogP contribution in [0.2, 0.25) is 0 Å². The summed E-state index contributed by atoms with van der Waals surface area (Å²) >= 11 is 4.80. The van der Waals surface area contributed by atoms with E-state index >= 15 is 0 Å². The van der Waals surface area contributed by atoms with Crippen molar-refractivity contribution in [3.8, 4) is 17.1 Å². The maximum atomic E-state index is 12.3. The molecule has 0 N–H and O–H groups in total. The van der Waals surface area contributed by atoms with E-state index in [1.54, 1.807) is 31.4 Å². The molecule has 0 aliphatic rings. The molecule has 25 heavy (non-hydrogen) atoms. The van der Waals surface area contributed by atoms with E-state index in [1.165, 1.54) is 11.8 Å². The number of nitrogens with zero attached hydrogens (tertiary/aromatic N) is 3. The Morgan fingerprint density at radius 1 is 1.12 bits per heavy atom. The molecule has 2 aromatic carbocycles. The zero-order valence-corrected chi connectivity index (χ0v) is 16.2. The van der Waals surface area contributed by atoms with Crippen LogP contribution in [-0.4, -0.2) is 33.4 Å². The summed E-state index contributed by atoms with van der Waals surface area (Å²) < 4.78 is 8.02. The molecule has 0 aliphatic carbocycles. The van der Waals surface area contributed by atoms with E-state index in [1.807, 2.05) is 35.9 Å². The number of hydrogen-bond donors (Lipinski definition) is 0. The third kappa shape index (κ3) is 4.11. The van der Waals surface area contributed by atoms with Gasteiger partial charge in [0.15, 0.2) is 16.8 Å². The highest BCUT2D eigenvalue weighted by Gasteiger charge is 2.14. The molecule has 7 heteroatoms. The van der Waals surface area contributed by atoms with Gasteiger partial charge in [-0.1, -0.05) is 39.8 Å². The molecule has 0 unspecified atom stereocenters. The Morgan fingerprint density at radius 3 is 2.44 bits per heavy atom. The minimum atomic E-state index is 0.0424. The molecule has 0 bridgehead atoms. The fourth-order valence-electron chi connectivity index (χ4n) is 2.28. The van der Waals surface area contributed by atoms with Gasteiger partial charge in [0.25, 0.3) is 0 Å². The van der Waals surface area contributed by atoms with Gasteiger partial charge in [-0.3, -0.25) is 4.79 Å². The van der Waals surface area contributed by atoms with Gasteiger partial charge >= 0.3 is 0 Å². The number of Topliss-reactive ketones (excluding diaryl/α,β-unsaturated/α-hetero) is 1. The molecule has 0 saturated heterocycles. The van der Waals surface area contributed by atoms with Crippen molar-refractivity contribution < 1.29 is 9.53 Å². The molecule has 3 rings (SSSR count). The first kappa shape index (κ1) is 17.7. The van der Waals surface area contributed by atoms with Crippen molar-refractivity contribution in [3.05, 3.63) is 58.6 Å². The molecule has 3 aromatic rings. The first-order chi connectivity index (χ1) is 12.1. The summed E-state index contributed by atoms with van der Waals surface area (Å²) in [5, 5.41) is 9.15. The summed E-state index contributed by atoms with van der Waals surface area (Å²) in [5.74, 6) is 1.85. The number of aromatic nitrogens is 3. The number of thioether (sulfide) groups is 1. The summed E-state index contributed by atoms with van der Waals surface area (Å²) in [6, 6.07) is 15.0. The number of rotatable bonds is 6. The van der Waals surface area contributed by atoms with Gasteiger partial charge in [-0.05, 0) is 36.4 Å². The highest BCUT2D eigenvalue weighted by molar-refractivity contribution is 9.10. The zero-order chi connectivity index (χ0) is 17.8. The molecule has 128 valence electrons. The Morgan fingerprint density at radius 2 is 1.80 bits per heavy atom. The van der Waals surface area contributed by atoms with E-state index in [-0.39, 0.29) is 5.78 Å². The van der Waals surface area contributed by atoms with Gasteiger partial charge in [0.2, 0.25) is 0 Å². The summed E-state index contributed by atoms with van der Waals surface area (Å²) in [6.07, 6.45) is 0. The molecule has 0 fully saturated rings. The van der Waals surface area contributed by atoms with Crippen molar-refractivity contribution in [2.75, 3.05) is 12.9 Å². The quantitative estimate of drug-likeness (QED) is 0.443. The average molecular weight is 418 g/mol. The van der Waals surface area contributed by atoms with Crippen LogP contribution < -0.4 is 4.74 Å². The first-order valence-electron chi connectivity index (χ1n) is 7.54. The van der Waals surface area contributed by atoms with E-state index in [2.05, 4.69) is 26.1 Å². The second kappa shape index (κ2) is 7.84. The number of hydrogen-bond acceptors (Lipinski definition) is 5. The number of halogens is 1. The lowest BCUT2D eigenvalue weighted by molar-refractivity contribution is 0.102. The predicted molar refractivity (Wildman–Crippen MR) is 102 cm³/mol. The number of ketones is 1. The number of carbonyl (C=O) groups is 1. The standard InChI is InChI=1S/C18H16BrN3O2S/c1-22-17(13-3-7-14(19)8-4-13)20-21-18(22)25-11-16(23)12-5-9-15(24-2)10-6-12/h3-10H,11H2,1-2H3. The van der Waals surface area contributed by atoms with Crippen LogP contribution in [0.3, 0.4) is 0 Å². The summed E-state index contributed by atoms with van der Waals surface area (Å²) in [7, 11) is 3.50. The van der Waals surface area contributed by atoms with Crippen molar-refractivity contribution in [2.45, 2.75) is 5.16 Å². The molecule has 1 heterocycles. The van der Waals surface area contributed by atoms with Crippen molar-refractivity contribution in [1.82, 2.24) is 14.8 Å². The maximum absolute atomic E-state index is 12.3. The second-order valence-electron chi connectivity index (χ2n) is 5.31. The van der Waals surface area contributed by atoms with E-state index in [0.29, 0.717) is 16.5 Å². The van der Waals surface area contributed by atoms with E-state index in [4.69, 9.17) is 4.74 Å². The van der Waals surface area contributed by atoms with Gasteiger partial charge in [-0.15, -0.1) is 10.2 Å². The molecular weight excluding hydrogens is 402 g/mol. The Hall–Kier alpha value is -2.12. The normalized spacial score (nSPS) is 10.7. The van der Waals surface area contributed by atoms with Gasteiger partial charge < -0.3 is 9.30 Å². The van der Waals surface area contributed by atoms with Crippen LogP contribution in [0.5, 0.6) is 5.75 Å². The van der Waals surface area contributed by atoms with Gasteiger partial charge in [-0.25, -0.2) is 0 Å². The number of ether oxygens (including phenoxy) is 1. The Bertz CT molecular complexity index is 876. The molecule has 0 atom stereocenters. The highest BCUT2D eigenvalue weighted by Crippen LogP contribution is 2.24. The molecule has 5 nitrogen and oxygen atoms in total. The fourth-order valence-corrected chi connectivity index (χ4v) is 3.35. The van der Waals surface area contributed by atoms with Crippen molar-refractivity contribution in [2.24, 2.45) is 7.05 Å². The van der Waals surface area contributed by atoms with Crippen molar-refractivity contribution in [3.63, 3.8) is 0 Å². The lowest BCUT2D eigenvalue weighted by Gasteiger charge is -2.05. The number of methoxy groups -OCH3 is 1. The van der Waals surface area contributed by atoms with Crippen LogP contribution in [0.15, 0.2) is 58.2 Å². The first-order valence-corrected chi connectivity index (χ1v) is 9.31. The summed E-state index contributed by atoms with van der Waals surface area (Å²) in [5.41, 5.74) is 1.63. The molecule has 1 aromatic heterocycles. The maximum Gasteiger partial charge on any atom is 0.191 e. The minimum Gasteiger partial charge on any atom is -0.497 e. The lowest BCUT2D eigenvalue weighted by atomic mass is 10.1. The van der Waals surface area contributed by atoms with Crippen LogP contribution in [0, 0.1) is 0 Å². The molecule has 0 saturated carbocycles. The topological polar surface area (TPSA) is 57.0 Å². The van der Waals surface area contributed by atoms with E-state index in [9.17, 15) is 4.79 Å². The van der Waals surface area contributed by atoms with E-state index in [0.717, 1.165) is 21.6 Å². The summed E-state index contributed by atoms with van der Waals surface area (Å²) in [6.45, 7) is 0. The van der Waals surface area contributed by atoms with Crippen LogP contribution in [-0.2, 0) is 7.05 Å². The van der Waals surface area contributed by atoms with E-state index < -0.39 is 0 Å². The zero-order valence-electron chi connectivity index (χ0n) is 13.8. The van der Waals surface area contributed by atoms with Gasteiger partial charge in [-0.2, -0.15) is 0 Å². The van der Waals surface area contributed by atoms with Gasteiger partial charge in [0, 0.05) is 22.6 Å². The van der Waals surface area contributed by atoms with Crippen LogP contribution in [0.1, 0.15) is 10.4 Å². The lowest BCUT2D eigenvalue weighted by Crippen LogP contribution is -2.04. The smallest absolute Gasteiger partial charge is 0.191 e. The Labute approximate surface area is 158 Å². The van der Waals surface area contributed by atoms with Crippen LogP contribution in [0.4, 0.5) is 0 Å². The predicted octanol–water partition coefficient (Wildman–Crippen LogP) is 4.23. The summed E-state index contributed by atoms with van der Waals surface area (Å²) in [4.78, 5) is 12.3. The third-order valence-corrected chi connectivity index (χ3v) is 5.23. The third-order valence-electron chi connectivity index (χ3n) is 3.68. The number of carbonyl (C=O) groups excluding carboxylic acids is 1. The molecular formula is C18H16BrN3O2S. The Balaban J connectivity index is 1.69. The SMILES string of the molecule is COc1ccc(C(=O)CSc2nnc(-c3ccc(Br)cc3)n2C)cc1. The molecule has 0 amide bonds. The average Bonchev–Trinajstić information content (AvgIpc) is 3.01. The van der Waals surface area contributed by atoms with Gasteiger partial charge in [0.05, 0.1) is 12.9 Å². The molecule has 0 radical (unpaired) electrons. The molecule has 0 aliphatic heterocycles. The monoisotopic (exact) mass is 417 g/mol. The van der Waals surface area contributed by atoms with Crippen molar-refractivity contribution in [1.29, 1.82) is 0 Å². The largest absolute Gasteiger partial charge is 0.497 e. The minimum absolute atomic E-state index is 0.0424. The van der Waals surface area contributed by atoms with Gasteiger partial charge in [0.1, 0.15) is 5.75 Å². The number of benzene rings is 2. The highest BCUT2D eigenvalue weighted by atomic mass is 79.9. The van der Waals surface area contributed by atoms with Crippen LogP contribution >= 0.6 is 27.7 Å². The Kier molecular flexibility index (Phi) is 5.55.